The predicted molar refractivity (Wildman–Crippen MR) is 298 cm³/mol. The maximum atomic E-state index is 14.4. The number of aliphatic hydroxyl groups excluding tert-OH is 2. The number of aromatic nitrogens is 3. The molecule has 3 aromatic rings. The standard InChI is InChI=1S/C51H78N18O14/c1-25(2)39(67-42(75)32(11-6-16-58-50(53)54)62-44(77)35(65-41(74)30(52)23-70)19-27-21-60-31-10-5-4-9-29(27)31)47(80)63-33(12-7-17-59-51(55)56)43(76)68-40(26(3)71)48(81)69-18-8-13-37(69)46(79)66-36(20-28-22-57-24-61-28)45(78)64-34(49(82)83)14-15-38(72)73/h4-5,9-10,21-22,24-26,30,32-37,39-40,60,70-71H,6-8,11-20,23,52H2,1-3H3,(H,57,61)(H,62,77)(H,63,80)(H,64,78)(H,65,74)(H,66,79)(H,67,75)(H,68,76)(H,72,73)(H,82,83)(H4,53,54,58)(H4,55,56,59)/t26-,30+,32+,33+,34+,35+,36+,37+,39+,40+/m1/s1. The molecule has 3 heterocycles. The number of aliphatic imine (C=N–C) groups is 2. The van der Waals surface area contributed by atoms with Crippen LogP contribution >= 0.6 is 0 Å². The largest absolute Gasteiger partial charge is 0.481 e. The van der Waals surface area contributed by atoms with E-state index in [-0.39, 0.29) is 82.9 Å². The fraction of sp³-hybridized carbons (Fsp3) is 0.549. The maximum Gasteiger partial charge on any atom is 0.326 e. The quantitative estimate of drug-likeness (QED) is 0.0151. The minimum atomic E-state index is -1.74. The summed E-state index contributed by atoms with van der Waals surface area (Å²) >= 11 is 0. The third-order valence-corrected chi connectivity index (χ3v) is 13.4. The Morgan fingerprint density at radius 2 is 1.25 bits per heavy atom. The zero-order valence-electron chi connectivity index (χ0n) is 46.3. The number of nitrogens with zero attached hydrogens (tertiary/aromatic N) is 4. The molecule has 4 rings (SSSR count). The lowest BCUT2D eigenvalue weighted by atomic mass is 10.00. The molecule has 0 radical (unpaired) electrons. The lowest BCUT2D eigenvalue weighted by molar-refractivity contribution is -0.145. The number of para-hydroxylation sites is 1. The van der Waals surface area contributed by atoms with Gasteiger partial charge < -0.3 is 101 Å². The average Bonchev–Trinajstić information content (AvgIpc) is 4.24. The smallest absolute Gasteiger partial charge is 0.326 e. The number of aliphatic carboxylic acids is 2. The number of hydrogen-bond acceptors (Lipinski definition) is 16. The van der Waals surface area contributed by atoms with Crippen molar-refractivity contribution < 1.29 is 68.4 Å². The van der Waals surface area contributed by atoms with Gasteiger partial charge in [0, 0.05) is 67.9 Å². The van der Waals surface area contributed by atoms with Crippen LogP contribution < -0.4 is 65.9 Å². The molecule has 23 N–H and O–H groups in total. The van der Waals surface area contributed by atoms with Crippen molar-refractivity contribution in [3.05, 3.63) is 54.2 Å². The molecule has 8 amide bonds. The second-order valence-electron chi connectivity index (χ2n) is 20.3. The van der Waals surface area contributed by atoms with E-state index < -0.39 is 145 Å². The minimum Gasteiger partial charge on any atom is -0.481 e. The number of carbonyl (C=O) groups is 10. The van der Waals surface area contributed by atoms with Gasteiger partial charge in [-0.15, -0.1) is 0 Å². The Bertz CT molecular complexity index is 2780. The zero-order valence-corrected chi connectivity index (χ0v) is 46.3. The van der Waals surface area contributed by atoms with E-state index in [0.29, 0.717) is 11.3 Å². The highest BCUT2D eigenvalue weighted by Gasteiger charge is 2.42. The number of likely N-dealkylation sites (tertiary alicyclic amines) is 1. The van der Waals surface area contributed by atoms with E-state index >= 15 is 0 Å². The van der Waals surface area contributed by atoms with Gasteiger partial charge in [-0.2, -0.15) is 0 Å². The summed E-state index contributed by atoms with van der Waals surface area (Å²) in [5, 5.41) is 58.0. The predicted octanol–water partition coefficient (Wildman–Crippen LogP) is -5.53. The Labute approximate surface area is 476 Å². The summed E-state index contributed by atoms with van der Waals surface area (Å²) < 4.78 is 0. The summed E-state index contributed by atoms with van der Waals surface area (Å²) in [6, 6.07) is -5.96. The maximum absolute atomic E-state index is 14.4. The number of aliphatic hydroxyl groups is 2. The van der Waals surface area contributed by atoms with Crippen LogP contribution in [-0.2, 0) is 60.8 Å². The van der Waals surface area contributed by atoms with Crippen molar-refractivity contribution in [3.63, 3.8) is 0 Å². The van der Waals surface area contributed by atoms with Crippen LogP contribution in [0.2, 0.25) is 0 Å². The van der Waals surface area contributed by atoms with Crippen LogP contribution in [0.5, 0.6) is 0 Å². The van der Waals surface area contributed by atoms with Crippen LogP contribution in [0.1, 0.15) is 83.4 Å². The fourth-order valence-electron chi connectivity index (χ4n) is 8.97. The van der Waals surface area contributed by atoms with E-state index in [9.17, 15) is 63.3 Å². The molecule has 1 aliphatic rings. The van der Waals surface area contributed by atoms with Gasteiger partial charge in [0.2, 0.25) is 47.3 Å². The van der Waals surface area contributed by atoms with Crippen molar-refractivity contribution in [2.45, 2.75) is 145 Å². The van der Waals surface area contributed by atoms with Crippen molar-refractivity contribution in [2.75, 3.05) is 26.2 Å². The molecule has 32 nitrogen and oxygen atoms in total. The highest BCUT2D eigenvalue weighted by atomic mass is 16.4. The molecule has 83 heavy (non-hydrogen) atoms. The summed E-state index contributed by atoms with van der Waals surface area (Å²) in [6.45, 7) is 3.60. The van der Waals surface area contributed by atoms with E-state index in [0.717, 1.165) is 15.8 Å². The van der Waals surface area contributed by atoms with E-state index in [1.54, 1.807) is 38.2 Å². The molecular weight excluding hydrogens is 1090 g/mol. The van der Waals surface area contributed by atoms with Crippen molar-refractivity contribution in [2.24, 2.45) is 44.6 Å². The Hall–Kier alpha value is -8.91. The number of imidazole rings is 1. The lowest BCUT2D eigenvalue weighted by Gasteiger charge is -2.32. The van der Waals surface area contributed by atoms with E-state index in [2.05, 4.69) is 62.2 Å². The number of aromatic amines is 2. The van der Waals surface area contributed by atoms with Crippen LogP contribution in [-0.4, -0.2) is 198 Å². The monoisotopic (exact) mass is 1170 g/mol. The number of carboxylic acids is 2. The number of amides is 8. The van der Waals surface area contributed by atoms with Gasteiger partial charge in [-0.1, -0.05) is 32.0 Å². The molecule has 2 aromatic heterocycles. The first-order chi connectivity index (χ1) is 39.3. The number of carboxylic acid groups (broad SMARTS) is 2. The number of fused-ring (bicyclic) bond motifs is 1. The van der Waals surface area contributed by atoms with E-state index in [1.807, 2.05) is 6.07 Å². The Morgan fingerprint density at radius 3 is 1.80 bits per heavy atom. The molecule has 1 saturated heterocycles. The van der Waals surface area contributed by atoms with Crippen LogP contribution in [0.25, 0.3) is 10.9 Å². The van der Waals surface area contributed by atoms with Gasteiger partial charge in [-0.3, -0.25) is 53.1 Å². The van der Waals surface area contributed by atoms with Gasteiger partial charge in [0.05, 0.1) is 19.0 Å². The molecule has 0 bridgehead atoms. The average molecular weight is 1170 g/mol. The number of carbonyl (C=O) groups excluding carboxylic acids is 8. The highest BCUT2D eigenvalue weighted by molar-refractivity contribution is 5.99. The van der Waals surface area contributed by atoms with Gasteiger partial charge in [-0.05, 0) is 69.4 Å². The Morgan fingerprint density at radius 1 is 0.699 bits per heavy atom. The molecule has 10 atom stereocenters. The first-order valence-corrected chi connectivity index (χ1v) is 26.9. The van der Waals surface area contributed by atoms with Gasteiger partial charge in [0.25, 0.3) is 0 Å². The fourth-order valence-corrected chi connectivity index (χ4v) is 8.97. The molecule has 1 aromatic carbocycles. The molecule has 0 aliphatic carbocycles. The summed E-state index contributed by atoms with van der Waals surface area (Å²) in [5.41, 5.74) is 29.6. The highest BCUT2D eigenvalue weighted by Crippen LogP contribution is 2.22. The van der Waals surface area contributed by atoms with Gasteiger partial charge in [-0.25, -0.2) is 9.78 Å². The van der Waals surface area contributed by atoms with Gasteiger partial charge in [0.15, 0.2) is 11.9 Å². The van der Waals surface area contributed by atoms with Crippen molar-refractivity contribution in [1.82, 2.24) is 57.1 Å². The van der Waals surface area contributed by atoms with Crippen molar-refractivity contribution in [1.29, 1.82) is 0 Å². The van der Waals surface area contributed by atoms with Crippen molar-refractivity contribution >= 4 is 82.0 Å². The molecule has 456 valence electrons. The summed E-state index contributed by atoms with van der Waals surface area (Å²) in [4.78, 5) is 154. The number of benzene rings is 1. The molecule has 0 spiro atoms. The van der Waals surface area contributed by atoms with E-state index in [4.69, 9.17) is 33.8 Å². The number of guanidine groups is 2. The second-order valence-corrected chi connectivity index (χ2v) is 20.3. The molecular formula is C51H78N18O14. The number of H-pyrrole nitrogens is 2. The third kappa shape index (κ3) is 20.9. The van der Waals surface area contributed by atoms with Crippen LogP contribution in [0.3, 0.4) is 0 Å². The summed E-state index contributed by atoms with van der Waals surface area (Å²) in [6.07, 6.45) is 1.56. The SMILES string of the molecule is CC(C)[C@H](NC(=O)[C@H](CCCN=C(N)N)NC(=O)[C@H](Cc1c[nH]c2ccccc12)NC(=O)[C@@H](N)CO)C(=O)N[C@@H](CCCN=C(N)N)C(=O)N[C@H](C(=O)N1CCC[C@H]1C(=O)N[C@@H](Cc1cnc[nH]1)C(=O)N[C@@H](CCC(=O)O)C(=O)O)[C@@H](C)O. The zero-order chi connectivity index (χ0) is 61.5. The first-order valence-electron chi connectivity index (χ1n) is 26.9. The molecule has 1 aliphatic heterocycles. The number of rotatable bonds is 34. The second kappa shape index (κ2) is 32.5. The Kier molecular flexibility index (Phi) is 26.1. The minimum absolute atomic E-state index is 0.0242. The number of nitrogens with two attached hydrogens (primary N) is 5. The lowest BCUT2D eigenvalue weighted by Crippen LogP contribution is -2.62. The normalized spacial score (nSPS) is 16.3. The van der Waals surface area contributed by atoms with Crippen LogP contribution in [0.15, 0.2) is 53.0 Å². The summed E-state index contributed by atoms with van der Waals surface area (Å²) in [5.74, 6) is -11.2. The Balaban J connectivity index is 1.57. The van der Waals surface area contributed by atoms with Crippen LogP contribution in [0.4, 0.5) is 0 Å². The van der Waals surface area contributed by atoms with Crippen molar-refractivity contribution in [3.8, 4) is 0 Å². The number of hydrogen-bond donors (Lipinski definition) is 18. The molecule has 1 fully saturated rings. The molecule has 0 unspecified atom stereocenters. The van der Waals surface area contributed by atoms with Gasteiger partial charge >= 0.3 is 11.9 Å². The molecule has 32 heteroatoms. The number of nitrogens with one attached hydrogen (secondary N) is 9. The topological polar surface area (TPSA) is 538 Å². The van der Waals surface area contributed by atoms with E-state index in [1.165, 1.54) is 19.4 Å². The summed E-state index contributed by atoms with van der Waals surface area (Å²) in [7, 11) is 0. The van der Waals surface area contributed by atoms with Crippen LogP contribution in [0, 0.1) is 5.92 Å². The van der Waals surface area contributed by atoms with Gasteiger partial charge in [0.1, 0.15) is 54.4 Å². The molecule has 0 saturated carbocycles. The first kappa shape index (κ1) is 66.6. The third-order valence-electron chi connectivity index (χ3n) is 13.4.